The molecule has 0 aromatic carbocycles. The van der Waals surface area contributed by atoms with Crippen LogP contribution in [0.1, 0.15) is 128 Å². The zero-order chi connectivity index (χ0) is 25.3. The van der Waals surface area contributed by atoms with Crippen LogP contribution in [-0.4, -0.2) is 34.7 Å². The van der Waals surface area contributed by atoms with Gasteiger partial charge in [-0.3, -0.25) is 0 Å². The van der Waals surface area contributed by atoms with E-state index < -0.39 is 17.9 Å². The number of esters is 2. The number of hydrogen-bond donors (Lipinski definition) is 2. The van der Waals surface area contributed by atoms with E-state index in [9.17, 15) is 14.7 Å². The highest BCUT2D eigenvalue weighted by Crippen LogP contribution is 2.21. The number of ether oxygens (including phenoxy) is 2. The Hall–Kier alpha value is -1.66. The first-order valence-corrected chi connectivity index (χ1v) is 13.5. The van der Waals surface area contributed by atoms with Crippen LogP contribution in [0.5, 0.6) is 0 Å². The fraction of sp³-hybridized carbons (Fsp3) is 0.786. The number of carbonyl (C=O) groups excluding carboxylic acids is 2. The van der Waals surface area contributed by atoms with Crippen molar-refractivity contribution in [1.82, 2.24) is 0 Å². The van der Waals surface area contributed by atoms with Crippen LogP contribution in [0.25, 0.3) is 0 Å². The summed E-state index contributed by atoms with van der Waals surface area (Å²) in [6.45, 7) is 6.90. The largest absolute Gasteiger partial charge is 0.396 e. The zero-order valence-corrected chi connectivity index (χ0v) is 21.4. The minimum absolute atomic E-state index is 0.0246. The standard InChI is InChI=1S/C28H50O6/c1-3-26(30)33-28(32,34-27(31)4-2)24-22-20-18-16-14-12-10-8-6-5-7-9-11-13-15-17-19-21-23-25-29/h3-4,29,32H,1-2,5-25H2. The lowest BCUT2D eigenvalue weighted by Crippen LogP contribution is -2.39. The van der Waals surface area contributed by atoms with Gasteiger partial charge in [0.1, 0.15) is 0 Å². The summed E-state index contributed by atoms with van der Waals surface area (Å²) in [5.74, 6) is -3.96. The Morgan fingerprint density at radius 1 is 0.559 bits per heavy atom. The summed E-state index contributed by atoms with van der Waals surface area (Å²) in [6.07, 6.45) is 24.7. The van der Waals surface area contributed by atoms with Gasteiger partial charge in [0.05, 0.1) is 6.42 Å². The number of aliphatic hydroxyl groups excluding tert-OH is 1. The lowest BCUT2D eigenvalue weighted by Gasteiger charge is -2.25. The van der Waals surface area contributed by atoms with Crippen molar-refractivity contribution in [2.45, 2.75) is 134 Å². The van der Waals surface area contributed by atoms with E-state index in [-0.39, 0.29) is 6.42 Å². The predicted octanol–water partition coefficient (Wildman–Crippen LogP) is 6.89. The second-order valence-corrected chi connectivity index (χ2v) is 9.15. The van der Waals surface area contributed by atoms with Crippen molar-refractivity contribution in [3.63, 3.8) is 0 Å². The monoisotopic (exact) mass is 482 g/mol. The first-order valence-electron chi connectivity index (χ1n) is 13.5. The fourth-order valence-electron chi connectivity index (χ4n) is 3.99. The molecule has 0 fully saturated rings. The molecule has 0 aliphatic rings. The minimum Gasteiger partial charge on any atom is -0.396 e. The predicted molar refractivity (Wildman–Crippen MR) is 137 cm³/mol. The number of unbranched alkanes of at least 4 members (excludes halogenated alkanes) is 18. The molecule has 0 spiro atoms. The van der Waals surface area contributed by atoms with Crippen LogP contribution in [0.3, 0.4) is 0 Å². The molecule has 6 nitrogen and oxygen atoms in total. The summed E-state index contributed by atoms with van der Waals surface area (Å²) in [4.78, 5) is 22.8. The maximum absolute atomic E-state index is 11.4. The van der Waals surface area contributed by atoms with Gasteiger partial charge >= 0.3 is 17.9 Å². The van der Waals surface area contributed by atoms with Crippen molar-refractivity contribution in [2.75, 3.05) is 6.61 Å². The van der Waals surface area contributed by atoms with E-state index in [2.05, 4.69) is 13.2 Å². The Labute approximate surface area is 207 Å². The van der Waals surface area contributed by atoms with Crippen LogP contribution >= 0.6 is 0 Å². The Kier molecular flexibility index (Phi) is 22.0. The molecule has 0 saturated heterocycles. The fourth-order valence-corrected chi connectivity index (χ4v) is 3.99. The molecular weight excluding hydrogens is 432 g/mol. The molecule has 0 bridgehead atoms. The molecule has 0 radical (unpaired) electrons. The molecule has 0 amide bonds. The molecule has 0 saturated carbocycles. The molecule has 0 rings (SSSR count). The molecule has 0 aromatic heterocycles. The number of aliphatic hydroxyl groups is 2. The summed E-state index contributed by atoms with van der Waals surface area (Å²) in [7, 11) is 0. The van der Waals surface area contributed by atoms with Crippen molar-refractivity contribution in [3.8, 4) is 0 Å². The summed E-state index contributed by atoms with van der Waals surface area (Å²) in [5.41, 5.74) is 0. The maximum Gasteiger partial charge on any atom is 0.373 e. The van der Waals surface area contributed by atoms with Crippen molar-refractivity contribution in [3.05, 3.63) is 25.3 Å². The quantitative estimate of drug-likeness (QED) is 0.0637. The van der Waals surface area contributed by atoms with E-state index in [0.717, 1.165) is 37.8 Å². The Morgan fingerprint density at radius 2 is 0.824 bits per heavy atom. The van der Waals surface area contributed by atoms with Gasteiger partial charge in [-0.2, -0.15) is 0 Å². The van der Waals surface area contributed by atoms with Gasteiger partial charge in [0, 0.05) is 18.8 Å². The molecular formula is C28H50O6. The molecule has 6 heteroatoms. The Balaban J connectivity index is 3.52. The Morgan fingerprint density at radius 3 is 1.09 bits per heavy atom. The molecule has 0 aliphatic heterocycles. The van der Waals surface area contributed by atoms with Crippen LogP contribution in [0.4, 0.5) is 0 Å². The highest BCUT2D eigenvalue weighted by Gasteiger charge is 2.34. The normalized spacial score (nSPS) is 11.2. The minimum atomic E-state index is -2.27. The van der Waals surface area contributed by atoms with Crippen LogP contribution in [0.2, 0.25) is 0 Å². The van der Waals surface area contributed by atoms with E-state index in [1.54, 1.807) is 0 Å². The van der Waals surface area contributed by atoms with Crippen molar-refractivity contribution < 1.29 is 29.3 Å². The first-order chi connectivity index (χ1) is 16.5. The summed E-state index contributed by atoms with van der Waals surface area (Å²) in [6, 6.07) is 0. The van der Waals surface area contributed by atoms with E-state index in [1.807, 2.05) is 0 Å². The van der Waals surface area contributed by atoms with Crippen molar-refractivity contribution >= 4 is 11.9 Å². The first kappa shape index (κ1) is 32.3. The van der Waals surface area contributed by atoms with Gasteiger partial charge in [-0.15, -0.1) is 0 Å². The number of hydrogen-bond acceptors (Lipinski definition) is 6. The van der Waals surface area contributed by atoms with Crippen LogP contribution in [0.15, 0.2) is 25.3 Å². The smallest absolute Gasteiger partial charge is 0.373 e. The van der Waals surface area contributed by atoms with Crippen molar-refractivity contribution in [2.24, 2.45) is 0 Å². The second kappa shape index (κ2) is 23.1. The lowest BCUT2D eigenvalue weighted by molar-refractivity contribution is -0.324. The maximum atomic E-state index is 11.4. The molecule has 0 aromatic rings. The van der Waals surface area contributed by atoms with Gasteiger partial charge in [-0.1, -0.05) is 122 Å². The van der Waals surface area contributed by atoms with Crippen LogP contribution < -0.4 is 0 Å². The van der Waals surface area contributed by atoms with Gasteiger partial charge in [-0.05, 0) is 12.8 Å². The molecule has 34 heavy (non-hydrogen) atoms. The molecule has 0 heterocycles. The van der Waals surface area contributed by atoms with Gasteiger partial charge in [0.2, 0.25) is 0 Å². The van der Waals surface area contributed by atoms with Crippen LogP contribution in [0, 0.1) is 0 Å². The highest BCUT2D eigenvalue weighted by atomic mass is 16.8. The van der Waals surface area contributed by atoms with Gasteiger partial charge < -0.3 is 19.7 Å². The van der Waals surface area contributed by atoms with E-state index in [1.165, 1.54) is 89.9 Å². The van der Waals surface area contributed by atoms with E-state index >= 15 is 0 Å². The average Bonchev–Trinajstić information content (AvgIpc) is 2.82. The molecule has 2 N–H and O–H groups in total. The third-order valence-corrected chi connectivity index (χ3v) is 6.00. The number of carbonyl (C=O) groups is 2. The number of rotatable bonds is 25. The molecule has 198 valence electrons. The van der Waals surface area contributed by atoms with Gasteiger partial charge in [-0.25, -0.2) is 9.59 Å². The highest BCUT2D eigenvalue weighted by molar-refractivity contribution is 5.83. The average molecular weight is 483 g/mol. The molecule has 0 atom stereocenters. The molecule has 0 aliphatic carbocycles. The summed E-state index contributed by atoms with van der Waals surface area (Å²) < 4.78 is 9.60. The second-order valence-electron chi connectivity index (χ2n) is 9.15. The lowest BCUT2D eigenvalue weighted by atomic mass is 10.0. The zero-order valence-electron chi connectivity index (χ0n) is 21.4. The summed E-state index contributed by atoms with van der Waals surface area (Å²) >= 11 is 0. The summed E-state index contributed by atoms with van der Waals surface area (Å²) in [5, 5.41) is 19.0. The van der Waals surface area contributed by atoms with Gasteiger partial charge in [0.25, 0.3) is 0 Å². The third kappa shape index (κ3) is 20.9. The third-order valence-electron chi connectivity index (χ3n) is 6.00. The van der Waals surface area contributed by atoms with Crippen molar-refractivity contribution in [1.29, 1.82) is 0 Å². The van der Waals surface area contributed by atoms with Gasteiger partial charge in [0.15, 0.2) is 0 Å². The SMILES string of the molecule is C=CC(=O)OC(O)(CCCCCCCCCCCCCCCCCCCCCO)OC(=O)C=C. The van der Waals surface area contributed by atoms with E-state index in [0.29, 0.717) is 13.0 Å². The van der Waals surface area contributed by atoms with Crippen LogP contribution in [-0.2, 0) is 19.1 Å². The molecule has 0 unspecified atom stereocenters. The topological polar surface area (TPSA) is 93.1 Å². The Bertz CT molecular complexity index is 509. The van der Waals surface area contributed by atoms with E-state index in [4.69, 9.17) is 14.6 Å².